The lowest BCUT2D eigenvalue weighted by atomic mass is 10.2. The zero-order valence-electron chi connectivity index (χ0n) is 13.2. The van der Waals surface area contributed by atoms with Gasteiger partial charge in [0.05, 0.1) is 5.56 Å². The highest BCUT2D eigenvalue weighted by atomic mass is 16.5. The zero-order valence-corrected chi connectivity index (χ0v) is 13.2. The number of likely N-dealkylation sites (N-methyl/N-ethyl adjacent to an activating group) is 1. The van der Waals surface area contributed by atoms with E-state index in [1.54, 1.807) is 0 Å². The van der Waals surface area contributed by atoms with E-state index in [-0.39, 0.29) is 0 Å². The summed E-state index contributed by atoms with van der Waals surface area (Å²) in [6, 6.07) is 2.88. The molecule has 1 unspecified atom stereocenters. The molecule has 2 rings (SSSR count). The van der Waals surface area contributed by atoms with Gasteiger partial charge in [-0.15, -0.1) is 0 Å². The van der Waals surface area contributed by atoms with Crippen molar-refractivity contribution in [3.63, 3.8) is 0 Å². The molecule has 1 N–H and O–H groups in total. The van der Waals surface area contributed by atoms with Gasteiger partial charge in [0, 0.05) is 29.9 Å². The molecule has 2 aromatic heterocycles. The van der Waals surface area contributed by atoms with Crippen molar-refractivity contribution in [3.8, 4) is 11.5 Å². The number of aryl methyl sites for hydroxylation is 1. The standard InChI is InChI=1S/C15H24N4O/c1-9(2)19-11(4)8-13(12(19)5)15-17-14(18-20-15)7-10(3)16-6/h8-10,16H,7H2,1-6H3. The van der Waals surface area contributed by atoms with E-state index in [9.17, 15) is 0 Å². The van der Waals surface area contributed by atoms with E-state index in [0.717, 1.165) is 17.8 Å². The van der Waals surface area contributed by atoms with Gasteiger partial charge in [-0.05, 0) is 47.7 Å². The van der Waals surface area contributed by atoms with E-state index in [4.69, 9.17) is 4.52 Å². The summed E-state index contributed by atoms with van der Waals surface area (Å²) in [5.41, 5.74) is 3.43. The summed E-state index contributed by atoms with van der Waals surface area (Å²) in [5.74, 6) is 1.36. The Morgan fingerprint density at radius 3 is 2.55 bits per heavy atom. The largest absolute Gasteiger partial charge is 0.346 e. The summed E-state index contributed by atoms with van der Waals surface area (Å²) in [5, 5.41) is 7.25. The minimum atomic E-state index is 0.337. The molecule has 0 saturated heterocycles. The highest BCUT2D eigenvalue weighted by Gasteiger charge is 2.18. The van der Waals surface area contributed by atoms with Crippen LogP contribution in [0, 0.1) is 13.8 Å². The number of nitrogens with one attached hydrogen (secondary N) is 1. The van der Waals surface area contributed by atoms with Gasteiger partial charge in [0.15, 0.2) is 5.82 Å². The van der Waals surface area contributed by atoms with Crippen molar-refractivity contribution in [1.82, 2.24) is 20.0 Å². The molecule has 5 heteroatoms. The van der Waals surface area contributed by atoms with Gasteiger partial charge in [-0.3, -0.25) is 0 Å². The van der Waals surface area contributed by atoms with Gasteiger partial charge in [0.1, 0.15) is 0 Å². The third kappa shape index (κ3) is 2.77. The predicted molar refractivity (Wildman–Crippen MR) is 79.8 cm³/mol. The molecule has 5 nitrogen and oxygen atoms in total. The number of rotatable bonds is 5. The second kappa shape index (κ2) is 5.79. The van der Waals surface area contributed by atoms with Crippen LogP contribution in [-0.2, 0) is 6.42 Å². The van der Waals surface area contributed by atoms with Crippen molar-refractivity contribution < 1.29 is 4.52 Å². The second-order valence-corrected chi connectivity index (χ2v) is 5.66. The minimum absolute atomic E-state index is 0.337. The van der Waals surface area contributed by atoms with Crippen LogP contribution < -0.4 is 5.32 Å². The molecule has 0 aliphatic rings. The third-order valence-electron chi connectivity index (χ3n) is 3.68. The van der Waals surface area contributed by atoms with Crippen LogP contribution in [-0.4, -0.2) is 27.8 Å². The van der Waals surface area contributed by atoms with Gasteiger partial charge in [0.2, 0.25) is 0 Å². The molecule has 0 fully saturated rings. The minimum Gasteiger partial charge on any atom is -0.346 e. The van der Waals surface area contributed by atoms with E-state index < -0.39 is 0 Å². The van der Waals surface area contributed by atoms with E-state index >= 15 is 0 Å². The fraction of sp³-hybridized carbons (Fsp3) is 0.600. The molecule has 1 atom stereocenters. The molecule has 110 valence electrons. The van der Waals surface area contributed by atoms with Crippen LogP contribution in [0.25, 0.3) is 11.5 Å². The molecule has 2 heterocycles. The van der Waals surface area contributed by atoms with Crippen molar-refractivity contribution in [2.75, 3.05) is 7.05 Å². The van der Waals surface area contributed by atoms with E-state index in [0.29, 0.717) is 18.0 Å². The number of hydrogen-bond acceptors (Lipinski definition) is 4. The summed E-state index contributed by atoms with van der Waals surface area (Å²) >= 11 is 0. The Morgan fingerprint density at radius 1 is 1.30 bits per heavy atom. The summed E-state index contributed by atoms with van der Waals surface area (Å²) in [6.07, 6.45) is 0.767. The van der Waals surface area contributed by atoms with E-state index in [1.807, 2.05) is 7.05 Å². The lowest BCUT2D eigenvalue weighted by molar-refractivity contribution is 0.417. The maximum Gasteiger partial charge on any atom is 0.259 e. The first kappa shape index (κ1) is 14.8. The Morgan fingerprint density at radius 2 is 2.00 bits per heavy atom. The highest BCUT2D eigenvalue weighted by molar-refractivity contribution is 5.58. The van der Waals surface area contributed by atoms with E-state index in [1.165, 1.54) is 11.4 Å². The maximum atomic E-state index is 5.42. The molecule has 0 bridgehead atoms. The van der Waals surface area contributed by atoms with Crippen LogP contribution >= 0.6 is 0 Å². The fourth-order valence-electron chi connectivity index (χ4n) is 2.61. The predicted octanol–water partition coefficient (Wildman–Crippen LogP) is 2.89. The molecule has 0 radical (unpaired) electrons. The summed E-state index contributed by atoms with van der Waals surface area (Å²) in [6.45, 7) is 10.7. The molecule has 2 aromatic rings. The Balaban J connectivity index is 2.31. The van der Waals surface area contributed by atoms with Crippen LogP contribution in [0.15, 0.2) is 10.6 Å². The average molecular weight is 276 g/mol. The first-order valence-electron chi connectivity index (χ1n) is 7.12. The quantitative estimate of drug-likeness (QED) is 0.912. The van der Waals surface area contributed by atoms with Crippen LogP contribution in [0.2, 0.25) is 0 Å². The van der Waals surface area contributed by atoms with Crippen molar-refractivity contribution in [1.29, 1.82) is 0 Å². The monoisotopic (exact) mass is 276 g/mol. The van der Waals surface area contributed by atoms with Gasteiger partial charge in [-0.2, -0.15) is 4.98 Å². The fourth-order valence-corrected chi connectivity index (χ4v) is 2.61. The molecular weight excluding hydrogens is 252 g/mol. The number of hydrogen-bond donors (Lipinski definition) is 1. The highest BCUT2D eigenvalue weighted by Crippen LogP contribution is 2.28. The summed E-state index contributed by atoms with van der Waals surface area (Å²) < 4.78 is 7.71. The van der Waals surface area contributed by atoms with Crippen molar-refractivity contribution in [3.05, 3.63) is 23.3 Å². The van der Waals surface area contributed by atoms with Crippen molar-refractivity contribution >= 4 is 0 Å². The van der Waals surface area contributed by atoms with Gasteiger partial charge >= 0.3 is 0 Å². The van der Waals surface area contributed by atoms with Crippen LogP contribution in [0.5, 0.6) is 0 Å². The Kier molecular flexibility index (Phi) is 4.28. The average Bonchev–Trinajstić information content (AvgIpc) is 2.93. The number of nitrogens with zero attached hydrogens (tertiary/aromatic N) is 3. The molecule has 0 amide bonds. The summed E-state index contributed by atoms with van der Waals surface area (Å²) in [4.78, 5) is 4.51. The molecule has 0 saturated carbocycles. The first-order valence-corrected chi connectivity index (χ1v) is 7.12. The SMILES string of the molecule is CNC(C)Cc1noc(-c2cc(C)n(C(C)C)c2C)n1. The molecular formula is C15H24N4O. The molecule has 0 aliphatic heterocycles. The third-order valence-corrected chi connectivity index (χ3v) is 3.68. The normalized spacial score (nSPS) is 13.2. The van der Waals surface area contributed by atoms with Gasteiger partial charge in [-0.1, -0.05) is 5.16 Å². The van der Waals surface area contributed by atoms with Gasteiger partial charge in [0.25, 0.3) is 5.89 Å². The van der Waals surface area contributed by atoms with Crippen LogP contribution in [0.1, 0.15) is 44.0 Å². The molecule has 20 heavy (non-hydrogen) atoms. The molecule has 0 aliphatic carbocycles. The summed E-state index contributed by atoms with van der Waals surface area (Å²) in [7, 11) is 1.93. The second-order valence-electron chi connectivity index (χ2n) is 5.66. The topological polar surface area (TPSA) is 55.9 Å². The van der Waals surface area contributed by atoms with Crippen molar-refractivity contribution in [2.24, 2.45) is 0 Å². The van der Waals surface area contributed by atoms with Crippen molar-refractivity contribution in [2.45, 2.75) is 53.1 Å². The zero-order chi connectivity index (χ0) is 14.9. The lowest BCUT2D eigenvalue weighted by Gasteiger charge is -2.13. The molecule has 0 aromatic carbocycles. The smallest absolute Gasteiger partial charge is 0.259 e. The molecule has 0 spiro atoms. The Hall–Kier alpha value is -1.62. The van der Waals surface area contributed by atoms with Crippen LogP contribution in [0.3, 0.4) is 0 Å². The van der Waals surface area contributed by atoms with Gasteiger partial charge in [-0.25, -0.2) is 0 Å². The number of aromatic nitrogens is 3. The Bertz CT molecular complexity index is 583. The lowest BCUT2D eigenvalue weighted by Crippen LogP contribution is -2.24. The van der Waals surface area contributed by atoms with E-state index in [2.05, 4.69) is 60.7 Å². The maximum absolute atomic E-state index is 5.42. The first-order chi connectivity index (χ1) is 9.43. The Labute approximate surface area is 120 Å². The van der Waals surface area contributed by atoms with Gasteiger partial charge < -0.3 is 14.4 Å². The van der Waals surface area contributed by atoms with Crippen LogP contribution in [0.4, 0.5) is 0 Å².